The maximum absolute atomic E-state index is 13.4. The molecule has 30 heavy (non-hydrogen) atoms. The van der Waals surface area contributed by atoms with E-state index < -0.39 is 0 Å². The summed E-state index contributed by atoms with van der Waals surface area (Å²) >= 11 is 1.82. The number of piperazine rings is 1. The maximum atomic E-state index is 13.4. The lowest BCUT2D eigenvalue weighted by molar-refractivity contribution is -0.143. The summed E-state index contributed by atoms with van der Waals surface area (Å²) in [6, 6.07) is 12.7. The van der Waals surface area contributed by atoms with Crippen molar-refractivity contribution in [2.75, 3.05) is 32.7 Å². The lowest BCUT2D eigenvalue weighted by Gasteiger charge is -2.42. The predicted molar refractivity (Wildman–Crippen MR) is 118 cm³/mol. The Morgan fingerprint density at radius 3 is 2.37 bits per heavy atom. The second kappa shape index (κ2) is 8.16. The van der Waals surface area contributed by atoms with Crippen LogP contribution in [-0.4, -0.2) is 65.3 Å². The maximum Gasteiger partial charge on any atom is 0.239 e. The first kappa shape index (κ1) is 19.8. The van der Waals surface area contributed by atoms with Crippen LogP contribution in [0.3, 0.4) is 0 Å². The van der Waals surface area contributed by atoms with Gasteiger partial charge in [0.25, 0.3) is 0 Å². The lowest BCUT2D eigenvalue weighted by atomic mass is 9.92. The second-order valence-corrected chi connectivity index (χ2v) is 9.70. The number of benzene rings is 1. The third kappa shape index (κ3) is 3.67. The Balaban J connectivity index is 1.31. The highest BCUT2D eigenvalue weighted by Gasteiger charge is 2.39. The summed E-state index contributed by atoms with van der Waals surface area (Å²) in [5.41, 5.74) is 2.59. The van der Waals surface area contributed by atoms with E-state index in [1.54, 1.807) is 0 Å². The Labute approximate surface area is 182 Å². The monoisotopic (exact) mass is 423 g/mol. The minimum absolute atomic E-state index is 0.123. The highest BCUT2D eigenvalue weighted by molar-refractivity contribution is 7.10. The smallest absolute Gasteiger partial charge is 0.239 e. The summed E-state index contributed by atoms with van der Waals surface area (Å²) in [5.74, 6) is 0.736. The summed E-state index contributed by atoms with van der Waals surface area (Å²) in [4.78, 5) is 33.5. The second-order valence-electron chi connectivity index (χ2n) is 8.70. The molecule has 2 fully saturated rings. The number of carbonyl (C=O) groups excluding carboxylic acids is 2. The molecular weight excluding hydrogens is 394 g/mol. The van der Waals surface area contributed by atoms with Gasteiger partial charge in [0.05, 0.1) is 12.1 Å². The first-order valence-electron chi connectivity index (χ1n) is 11.1. The van der Waals surface area contributed by atoms with Gasteiger partial charge >= 0.3 is 0 Å². The van der Waals surface area contributed by atoms with Gasteiger partial charge < -0.3 is 9.80 Å². The zero-order valence-electron chi connectivity index (χ0n) is 17.5. The van der Waals surface area contributed by atoms with Crippen LogP contribution in [0.4, 0.5) is 0 Å². The zero-order chi connectivity index (χ0) is 20.7. The van der Waals surface area contributed by atoms with E-state index in [0.717, 1.165) is 25.8 Å². The third-order valence-corrected chi connectivity index (χ3v) is 7.80. The topological polar surface area (TPSA) is 43.9 Å². The van der Waals surface area contributed by atoms with Crippen LogP contribution >= 0.6 is 11.3 Å². The molecule has 5 rings (SSSR count). The molecule has 1 saturated heterocycles. The number of carbonyl (C=O) groups is 2. The number of hydrogen-bond acceptors (Lipinski definition) is 4. The summed E-state index contributed by atoms with van der Waals surface area (Å²) in [5, 5.41) is 2.17. The molecule has 0 radical (unpaired) electrons. The van der Waals surface area contributed by atoms with Crippen molar-refractivity contribution in [3.8, 4) is 0 Å². The molecule has 0 spiro atoms. The molecule has 1 saturated carbocycles. The van der Waals surface area contributed by atoms with Crippen LogP contribution in [0.2, 0.25) is 0 Å². The quantitative estimate of drug-likeness (QED) is 0.759. The third-order valence-electron chi connectivity index (χ3n) is 6.80. The summed E-state index contributed by atoms with van der Waals surface area (Å²) in [6.45, 7) is 5.58. The Morgan fingerprint density at radius 1 is 0.967 bits per heavy atom. The fourth-order valence-corrected chi connectivity index (χ4v) is 5.80. The van der Waals surface area contributed by atoms with Gasteiger partial charge in [-0.05, 0) is 48.8 Å². The number of nitrogens with zero attached hydrogens (tertiary/aromatic N) is 3. The molecule has 2 aromatic rings. The summed E-state index contributed by atoms with van der Waals surface area (Å²) in [7, 11) is 0. The van der Waals surface area contributed by atoms with E-state index in [0.29, 0.717) is 32.1 Å². The van der Waals surface area contributed by atoms with Crippen molar-refractivity contribution in [2.45, 2.75) is 38.3 Å². The van der Waals surface area contributed by atoms with Gasteiger partial charge in [-0.1, -0.05) is 30.3 Å². The van der Waals surface area contributed by atoms with Gasteiger partial charge in [-0.2, -0.15) is 0 Å². The largest absolute Gasteiger partial charge is 0.339 e. The van der Waals surface area contributed by atoms with Crippen molar-refractivity contribution in [3.05, 3.63) is 57.8 Å². The highest BCUT2D eigenvalue weighted by atomic mass is 32.1. The number of thiophene rings is 1. The average molecular weight is 424 g/mol. The normalized spacial score (nSPS) is 23.2. The molecule has 0 bridgehead atoms. The van der Waals surface area contributed by atoms with Gasteiger partial charge in [-0.15, -0.1) is 11.3 Å². The van der Waals surface area contributed by atoms with Crippen molar-refractivity contribution >= 4 is 23.2 Å². The molecule has 3 heterocycles. The van der Waals surface area contributed by atoms with E-state index >= 15 is 0 Å². The molecule has 3 aliphatic rings. The van der Waals surface area contributed by atoms with Crippen molar-refractivity contribution < 1.29 is 9.59 Å². The van der Waals surface area contributed by atoms with Crippen LogP contribution in [-0.2, 0) is 16.0 Å². The van der Waals surface area contributed by atoms with Crippen LogP contribution in [0, 0.1) is 5.92 Å². The Morgan fingerprint density at radius 2 is 1.67 bits per heavy atom. The number of fused-ring (bicyclic) bond motifs is 1. The standard InChI is InChI=1S/C24H29N3O2S/c1-17(23(28)25-12-14-26(15-13-25)24(29)19-7-8-19)27-11-9-21-20(10-16-30-21)22(27)18-5-3-2-4-6-18/h2-6,10,16-17,19,22H,7-9,11-15H2,1H3. The van der Waals surface area contributed by atoms with E-state index in [1.807, 2.05) is 27.2 Å². The van der Waals surface area contributed by atoms with Crippen LogP contribution in [0.1, 0.15) is 41.8 Å². The molecule has 2 atom stereocenters. The van der Waals surface area contributed by atoms with E-state index in [4.69, 9.17) is 0 Å². The van der Waals surface area contributed by atoms with Gasteiger partial charge in [0.1, 0.15) is 0 Å². The number of rotatable bonds is 4. The molecule has 2 amide bonds. The number of hydrogen-bond donors (Lipinski definition) is 0. The first-order chi connectivity index (χ1) is 14.6. The molecule has 158 valence electrons. The van der Waals surface area contributed by atoms with Gasteiger partial charge in [-0.3, -0.25) is 14.5 Å². The first-order valence-corrected chi connectivity index (χ1v) is 12.0. The Bertz CT molecular complexity index is 916. The van der Waals surface area contributed by atoms with Gasteiger partial charge in [0.15, 0.2) is 0 Å². The molecule has 1 aromatic heterocycles. The fraction of sp³-hybridized carbons (Fsp3) is 0.500. The van der Waals surface area contributed by atoms with Gasteiger partial charge in [0, 0.05) is 43.5 Å². The lowest BCUT2D eigenvalue weighted by Crippen LogP contribution is -2.56. The Hall–Kier alpha value is -2.18. The van der Waals surface area contributed by atoms with Crippen molar-refractivity contribution in [3.63, 3.8) is 0 Å². The summed E-state index contributed by atoms with van der Waals surface area (Å²) in [6.07, 6.45) is 3.07. The molecule has 6 heteroatoms. The Kier molecular flexibility index (Phi) is 5.37. The highest BCUT2D eigenvalue weighted by Crippen LogP contribution is 2.39. The predicted octanol–water partition coefficient (Wildman–Crippen LogP) is 3.16. The molecule has 2 aliphatic heterocycles. The van der Waals surface area contributed by atoms with Crippen LogP contribution < -0.4 is 0 Å². The van der Waals surface area contributed by atoms with Crippen LogP contribution in [0.5, 0.6) is 0 Å². The molecule has 5 nitrogen and oxygen atoms in total. The molecular formula is C24H29N3O2S. The van der Waals surface area contributed by atoms with E-state index in [-0.39, 0.29) is 23.9 Å². The minimum atomic E-state index is -0.186. The van der Waals surface area contributed by atoms with E-state index in [1.165, 1.54) is 16.0 Å². The SMILES string of the molecule is CC(C(=O)N1CCN(C(=O)C2CC2)CC1)N1CCc2sccc2C1c1ccccc1. The molecule has 0 N–H and O–H groups in total. The van der Waals surface area contributed by atoms with Crippen molar-refractivity contribution in [1.82, 2.24) is 14.7 Å². The molecule has 2 unspecified atom stereocenters. The molecule has 1 aromatic carbocycles. The summed E-state index contributed by atoms with van der Waals surface area (Å²) < 4.78 is 0. The fourth-order valence-electron chi connectivity index (χ4n) is 4.90. The van der Waals surface area contributed by atoms with E-state index in [9.17, 15) is 9.59 Å². The van der Waals surface area contributed by atoms with Crippen LogP contribution in [0.15, 0.2) is 41.8 Å². The molecule has 1 aliphatic carbocycles. The minimum Gasteiger partial charge on any atom is -0.339 e. The van der Waals surface area contributed by atoms with Gasteiger partial charge in [0.2, 0.25) is 11.8 Å². The van der Waals surface area contributed by atoms with Crippen molar-refractivity contribution in [2.24, 2.45) is 5.92 Å². The van der Waals surface area contributed by atoms with Gasteiger partial charge in [-0.25, -0.2) is 0 Å². The van der Waals surface area contributed by atoms with E-state index in [2.05, 4.69) is 47.5 Å². The van der Waals surface area contributed by atoms with Crippen molar-refractivity contribution in [1.29, 1.82) is 0 Å². The van der Waals surface area contributed by atoms with Crippen LogP contribution in [0.25, 0.3) is 0 Å². The average Bonchev–Trinajstić information content (AvgIpc) is 3.54. The zero-order valence-corrected chi connectivity index (χ0v) is 18.3. The number of amides is 2.